The molecule has 0 radical (unpaired) electrons. The maximum atomic E-state index is 6.06. The van der Waals surface area contributed by atoms with E-state index < -0.39 is 0 Å². The van der Waals surface area contributed by atoms with E-state index in [4.69, 9.17) is 9.72 Å². The highest BCUT2D eigenvalue weighted by Crippen LogP contribution is 2.34. The summed E-state index contributed by atoms with van der Waals surface area (Å²) < 4.78 is 6.06. The first-order valence-electron chi connectivity index (χ1n) is 15.4. The quantitative estimate of drug-likeness (QED) is 0.205. The van der Waals surface area contributed by atoms with Gasteiger partial charge in [-0.05, 0) is 79.3 Å². The normalized spacial score (nSPS) is 18.8. The van der Waals surface area contributed by atoms with Crippen LogP contribution in [0.5, 0.6) is 5.75 Å². The average molecular weight is 492 g/mol. The molecular formula is C34H53NO. The Bertz CT molecular complexity index is 804. The molecule has 3 rings (SSSR count). The van der Waals surface area contributed by atoms with Gasteiger partial charge in [0.1, 0.15) is 5.75 Å². The van der Waals surface area contributed by atoms with Crippen LogP contribution in [0.1, 0.15) is 123 Å². The minimum Gasteiger partial charge on any atom is -0.494 e. The van der Waals surface area contributed by atoms with Crippen molar-refractivity contribution in [2.45, 2.75) is 124 Å². The number of aryl methyl sites for hydroxylation is 1. The molecule has 1 atom stereocenters. The van der Waals surface area contributed by atoms with Crippen molar-refractivity contribution in [3.8, 4) is 17.0 Å². The van der Waals surface area contributed by atoms with Crippen molar-refractivity contribution in [3.05, 3.63) is 48.2 Å². The topological polar surface area (TPSA) is 22.1 Å². The Hall–Kier alpha value is -1.83. The lowest BCUT2D eigenvalue weighted by Crippen LogP contribution is -2.15. The van der Waals surface area contributed by atoms with Crippen molar-refractivity contribution < 1.29 is 4.74 Å². The summed E-state index contributed by atoms with van der Waals surface area (Å²) in [7, 11) is 0. The molecule has 2 aromatic rings. The molecule has 1 aliphatic carbocycles. The smallest absolute Gasteiger partial charge is 0.119 e. The van der Waals surface area contributed by atoms with Crippen molar-refractivity contribution in [3.63, 3.8) is 0 Å². The molecule has 0 bridgehead atoms. The van der Waals surface area contributed by atoms with E-state index in [-0.39, 0.29) is 0 Å². The molecule has 200 valence electrons. The van der Waals surface area contributed by atoms with Crippen molar-refractivity contribution in [2.75, 3.05) is 6.61 Å². The van der Waals surface area contributed by atoms with Gasteiger partial charge in [-0.25, -0.2) is 0 Å². The molecule has 0 N–H and O–H groups in total. The fraction of sp³-hybridized carbons (Fsp3) is 0.676. The van der Waals surface area contributed by atoms with E-state index in [9.17, 15) is 0 Å². The Morgan fingerprint density at radius 1 is 0.806 bits per heavy atom. The molecule has 1 unspecified atom stereocenters. The van der Waals surface area contributed by atoms with Gasteiger partial charge in [-0.3, -0.25) is 4.98 Å². The minimum absolute atomic E-state index is 0.833. The molecule has 36 heavy (non-hydrogen) atoms. The molecule has 0 spiro atoms. The summed E-state index contributed by atoms with van der Waals surface area (Å²) in [6.07, 6.45) is 23.8. The fourth-order valence-electron chi connectivity index (χ4n) is 5.72. The second kappa shape index (κ2) is 16.8. The van der Waals surface area contributed by atoms with Crippen molar-refractivity contribution in [2.24, 2.45) is 17.8 Å². The molecule has 1 aliphatic rings. The molecule has 2 heteroatoms. The van der Waals surface area contributed by atoms with Gasteiger partial charge in [0, 0.05) is 11.8 Å². The van der Waals surface area contributed by atoms with Crippen LogP contribution in [-0.2, 0) is 6.42 Å². The van der Waals surface area contributed by atoms with Gasteiger partial charge in [0.25, 0.3) is 0 Å². The van der Waals surface area contributed by atoms with Gasteiger partial charge in [0.05, 0.1) is 12.3 Å². The van der Waals surface area contributed by atoms with E-state index in [0.29, 0.717) is 0 Å². The third-order valence-corrected chi connectivity index (χ3v) is 8.54. The van der Waals surface area contributed by atoms with Gasteiger partial charge in [0.15, 0.2) is 0 Å². The zero-order valence-corrected chi connectivity index (χ0v) is 23.6. The Balaban J connectivity index is 1.29. The number of pyridine rings is 1. The number of unbranched alkanes of at least 4 members (excludes halogenated alkanes) is 4. The summed E-state index contributed by atoms with van der Waals surface area (Å²) in [4.78, 5) is 4.73. The van der Waals surface area contributed by atoms with Gasteiger partial charge < -0.3 is 4.74 Å². The monoisotopic (exact) mass is 491 g/mol. The highest BCUT2D eigenvalue weighted by atomic mass is 16.5. The predicted molar refractivity (Wildman–Crippen MR) is 156 cm³/mol. The lowest BCUT2D eigenvalue weighted by molar-refractivity contribution is 0.228. The molecule has 1 saturated carbocycles. The minimum atomic E-state index is 0.833. The maximum Gasteiger partial charge on any atom is 0.119 e. The Labute approximate surface area is 222 Å². The van der Waals surface area contributed by atoms with Crippen LogP contribution in [0.4, 0.5) is 0 Å². The largest absolute Gasteiger partial charge is 0.494 e. The summed E-state index contributed by atoms with van der Waals surface area (Å²) in [6.45, 7) is 7.80. The van der Waals surface area contributed by atoms with E-state index in [1.807, 2.05) is 0 Å². The van der Waals surface area contributed by atoms with Crippen LogP contribution < -0.4 is 4.74 Å². The second-order valence-corrected chi connectivity index (χ2v) is 11.6. The van der Waals surface area contributed by atoms with Crippen LogP contribution in [0.15, 0.2) is 42.6 Å². The van der Waals surface area contributed by atoms with Crippen molar-refractivity contribution in [1.82, 2.24) is 4.98 Å². The highest BCUT2D eigenvalue weighted by Gasteiger charge is 2.20. The number of rotatable bonds is 17. The molecule has 1 fully saturated rings. The first-order valence-corrected chi connectivity index (χ1v) is 15.4. The lowest BCUT2D eigenvalue weighted by atomic mass is 9.78. The lowest BCUT2D eigenvalue weighted by Gasteiger charge is -2.28. The number of nitrogens with zero attached hydrogens (tertiary/aromatic N) is 1. The van der Waals surface area contributed by atoms with E-state index in [0.717, 1.165) is 47.8 Å². The van der Waals surface area contributed by atoms with Gasteiger partial charge in [-0.1, -0.05) is 104 Å². The van der Waals surface area contributed by atoms with Crippen LogP contribution in [0.2, 0.25) is 0 Å². The number of hydrogen-bond acceptors (Lipinski definition) is 2. The maximum absolute atomic E-state index is 6.06. The van der Waals surface area contributed by atoms with Gasteiger partial charge >= 0.3 is 0 Å². The summed E-state index contributed by atoms with van der Waals surface area (Å²) in [5.74, 6) is 3.79. The average Bonchev–Trinajstić information content (AvgIpc) is 2.92. The molecule has 0 amide bonds. The van der Waals surface area contributed by atoms with Crippen LogP contribution >= 0.6 is 0 Å². The third kappa shape index (κ3) is 10.7. The summed E-state index contributed by atoms with van der Waals surface area (Å²) in [5.41, 5.74) is 3.57. The fourth-order valence-corrected chi connectivity index (χ4v) is 5.72. The Morgan fingerprint density at radius 2 is 1.53 bits per heavy atom. The molecule has 1 heterocycles. The zero-order valence-electron chi connectivity index (χ0n) is 23.6. The number of benzene rings is 1. The van der Waals surface area contributed by atoms with Crippen LogP contribution in [0.25, 0.3) is 11.3 Å². The zero-order chi connectivity index (χ0) is 25.4. The Kier molecular flexibility index (Phi) is 13.4. The summed E-state index contributed by atoms with van der Waals surface area (Å²) in [5, 5.41) is 0. The molecular weight excluding hydrogens is 438 g/mol. The molecule has 2 nitrogen and oxygen atoms in total. The first kappa shape index (κ1) is 28.7. The first-order chi connectivity index (χ1) is 17.7. The molecule has 0 saturated heterocycles. The van der Waals surface area contributed by atoms with E-state index >= 15 is 0 Å². The SMILES string of the molecule is CCCCCC1CCC(CCCOc2ccc(-c3ccc(CCCCCC(C)CC)cn3)cc2)CC1. The summed E-state index contributed by atoms with van der Waals surface area (Å²) >= 11 is 0. The third-order valence-electron chi connectivity index (χ3n) is 8.54. The number of aromatic nitrogens is 1. The molecule has 0 aliphatic heterocycles. The number of hydrogen-bond donors (Lipinski definition) is 0. The van der Waals surface area contributed by atoms with Gasteiger partial charge in [-0.2, -0.15) is 0 Å². The standard InChI is InChI=1S/C34H53NO/c1-4-6-8-13-29-16-18-30(19-17-29)15-11-26-36-33-23-21-32(22-24-33)34-25-20-31(27-35-34)14-10-7-9-12-28(3)5-2/h20-25,27-30H,4-19,26H2,1-3H3. The van der Waals surface area contributed by atoms with Crippen LogP contribution in [-0.4, -0.2) is 11.6 Å². The van der Waals surface area contributed by atoms with Gasteiger partial charge in [0.2, 0.25) is 0 Å². The van der Waals surface area contributed by atoms with Crippen molar-refractivity contribution >= 4 is 0 Å². The van der Waals surface area contributed by atoms with Crippen LogP contribution in [0, 0.1) is 17.8 Å². The van der Waals surface area contributed by atoms with E-state index in [1.54, 1.807) is 0 Å². The van der Waals surface area contributed by atoms with E-state index in [2.05, 4.69) is 63.4 Å². The molecule has 1 aromatic carbocycles. The number of ether oxygens (including phenoxy) is 1. The van der Waals surface area contributed by atoms with Gasteiger partial charge in [-0.15, -0.1) is 0 Å². The Morgan fingerprint density at radius 3 is 2.17 bits per heavy atom. The summed E-state index contributed by atoms with van der Waals surface area (Å²) in [6, 6.07) is 12.9. The van der Waals surface area contributed by atoms with E-state index in [1.165, 1.54) is 102 Å². The predicted octanol–water partition coefficient (Wildman–Crippen LogP) is 10.4. The van der Waals surface area contributed by atoms with Crippen molar-refractivity contribution in [1.29, 1.82) is 0 Å². The second-order valence-electron chi connectivity index (χ2n) is 11.6. The highest BCUT2D eigenvalue weighted by molar-refractivity contribution is 5.60. The van der Waals surface area contributed by atoms with Crippen LogP contribution in [0.3, 0.4) is 0 Å². The molecule has 1 aromatic heterocycles.